The number of rotatable bonds is 5. The Balaban J connectivity index is 0.000000134. The van der Waals surface area contributed by atoms with Gasteiger partial charge in [0.15, 0.2) is 0 Å². The normalized spacial score (nSPS) is 28.7. The predicted octanol–water partition coefficient (Wildman–Crippen LogP) is 9.26. The van der Waals surface area contributed by atoms with Gasteiger partial charge >= 0.3 is 0 Å². The van der Waals surface area contributed by atoms with Gasteiger partial charge in [-0.3, -0.25) is 29.4 Å². The van der Waals surface area contributed by atoms with Crippen molar-refractivity contribution in [2.45, 2.75) is 201 Å². The van der Waals surface area contributed by atoms with E-state index < -0.39 is 0 Å². The molecule has 7 fully saturated rings. The summed E-state index contributed by atoms with van der Waals surface area (Å²) < 4.78 is 0. The van der Waals surface area contributed by atoms with Gasteiger partial charge in [0.05, 0.1) is 12.8 Å². The van der Waals surface area contributed by atoms with E-state index in [4.69, 9.17) is 0 Å². The Morgan fingerprint density at radius 1 is 0.491 bits per heavy atom. The summed E-state index contributed by atoms with van der Waals surface area (Å²) in [5, 5.41) is 0. The fourth-order valence-corrected chi connectivity index (χ4v) is 10.9. The highest BCUT2D eigenvalue weighted by Crippen LogP contribution is 2.36. The van der Waals surface area contributed by atoms with Crippen molar-refractivity contribution in [3.05, 3.63) is 29.8 Å². The molecule has 8 aliphatic rings. The fraction of sp³-hybridized carbons (Fsp3) is 0.875. The van der Waals surface area contributed by atoms with Gasteiger partial charge in [-0.15, -0.1) is 0 Å². The summed E-state index contributed by atoms with van der Waals surface area (Å²) in [5.74, 6) is 1.05. The van der Waals surface area contributed by atoms with E-state index in [2.05, 4.69) is 128 Å². The molecule has 0 N–H and O–H groups in total. The number of benzene rings is 1. The van der Waals surface area contributed by atoms with Gasteiger partial charge in [0, 0.05) is 87.2 Å². The lowest BCUT2D eigenvalue weighted by molar-refractivity contribution is 0.0126. The molecule has 1 saturated carbocycles. The molecular formula is C48H89N7. The molecule has 7 heteroatoms. The first-order chi connectivity index (χ1) is 26.4. The second-order valence-electron chi connectivity index (χ2n) is 19.7. The highest BCUT2D eigenvalue weighted by molar-refractivity contribution is 5.55. The maximum absolute atomic E-state index is 2.76. The van der Waals surface area contributed by atoms with Crippen molar-refractivity contribution in [3.8, 4) is 0 Å². The van der Waals surface area contributed by atoms with Crippen LogP contribution in [0.1, 0.15) is 152 Å². The van der Waals surface area contributed by atoms with Gasteiger partial charge in [-0.2, -0.15) is 0 Å². The van der Waals surface area contributed by atoms with Crippen LogP contribution in [0.3, 0.4) is 0 Å². The van der Waals surface area contributed by atoms with Crippen molar-refractivity contribution in [2.24, 2.45) is 5.92 Å². The number of piperidine rings is 1. The minimum atomic E-state index is 0.626. The van der Waals surface area contributed by atoms with Crippen LogP contribution in [0.5, 0.6) is 0 Å². The first kappa shape index (κ1) is 44.9. The molecule has 4 unspecified atom stereocenters. The number of likely N-dealkylation sites (tertiary alicyclic amines) is 1. The third kappa shape index (κ3) is 13.1. The molecule has 7 heterocycles. The van der Waals surface area contributed by atoms with E-state index in [1.165, 1.54) is 160 Å². The molecule has 7 nitrogen and oxygen atoms in total. The minimum absolute atomic E-state index is 0.626. The number of aryl methyl sites for hydroxylation is 1. The number of nitrogens with zero attached hydrogens (tertiary/aromatic N) is 7. The number of fused-ring (bicyclic) bond motifs is 4. The largest absolute Gasteiger partial charge is 0.369 e. The molecule has 1 aromatic carbocycles. The SMILES string of the molecule is CC(C)N1CC1.CC(C)N1CC2CCCN2C1.CC(C)N1CCCC2CCCCC21.CC(C)N1CCCN2CCCC21.CC(C)N1CCCc2ccccc21. The van der Waals surface area contributed by atoms with Crippen LogP contribution in [0.25, 0.3) is 0 Å². The third-order valence-electron chi connectivity index (χ3n) is 14.2. The topological polar surface area (TPSA) is 22.5 Å². The summed E-state index contributed by atoms with van der Waals surface area (Å²) in [6, 6.07) is 14.3. The molecule has 6 saturated heterocycles. The van der Waals surface area contributed by atoms with Crippen LogP contribution in [0.15, 0.2) is 24.3 Å². The molecule has 0 radical (unpaired) electrons. The summed E-state index contributed by atoms with van der Waals surface area (Å²) in [4.78, 5) is 18.2. The zero-order chi connectivity index (χ0) is 39.5. The van der Waals surface area contributed by atoms with E-state index in [-0.39, 0.29) is 0 Å². The van der Waals surface area contributed by atoms with Crippen molar-refractivity contribution in [2.75, 3.05) is 70.5 Å². The lowest BCUT2D eigenvalue weighted by Gasteiger charge is -2.46. The van der Waals surface area contributed by atoms with E-state index >= 15 is 0 Å². The van der Waals surface area contributed by atoms with Gasteiger partial charge < -0.3 is 4.90 Å². The summed E-state index contributed by atoms with van der Waals surface area (Å²) in [6.45, 7) is 36.1. The van der Waals surface area contributed by atoms with Crippen LogP contribution < -0.4 is 4.90 Å². The lowest BCUT2D eigenvalue weighted by Crippen LogP contribution is -2.52. The smallest absolute Gasteiger partial charge is 0.0625 e. The molecule has 9 rings (SSSR count). The van der Waals surface area contributed by atoms with E-state index in [0.29, 0.717) is 6.04 Å². The molecule has 1 aromatic rings. The predicted molar refractivity (Wildman–Crippen MR) is 238 cm³/mol. The number of hydrogen-bond acceptors (Lipinski definition) is 7. The molecule has 55 heavy (non-hydrogen) atoms. The van der Waals surface area contributed by atoms with Crippen molar-refractivity contribution >= 4 is 5.69 Å². The zero-order valence-corrected chi connectivity index (χ0v) is 37.9. The summed E-state index contributed by atoms with van der Waals surface area (Å²) in [5.41, 5.74) is 2.96. The van der Waals surface area contributed by atoms with Gasteiger partial charge in [-0.05, 0) is 177 Å². The van der Waals surface area contributed by atoms with Gasteiger partial charge in [0.25, 0.3) is 0 Å². The Bertz CT molecular complexity index is 1200. The second-order valence-corrected chi connectivity index (χ2v) is 19.7. The van der Waals surface area contributed by atoms with Crippen molar-refractivity contribution in [1.82, 2.24) is 29.4 Å². The number of hydrogen-bond donors (Lipinski definition) is 0. The van der Waals surface area contributed by atoms with E-state index in [1.54, 1.807) is 0 Å². The Morgan fingerprint density at radius 3 is 1.76 bits per heavy atom. The summed E-state index contributed by atoms with van der Waals surface area (Å²) in [7, 11) is 0. The molecule has 0 amide bonds. The number of para-hydroxylation sites is 1. The second kappa shape index (κ2) is 22.2. The Kier molecular flexibility index (Phi) is 18.1. The standard InChI is InChI=1S/C12H23N.C12H17N.C10H20N2.C9H18N2.C5H11N/c2*1-10(2)13-9-5-7-11-6-3-4-8-12(11)13;1-9(2)12-8-4-7-11-6-3-5-10(11)12;1-8(2)11-6-9-4-3-5-10(9)7-11;1-5(2)6-3-4-6/h10-12H,3-9H2,1-2H3;3-4,6,8,10H,5,7,9H2,1-2H3;9-10H,3-8H2,1-2H3;8-9H,3-7H2,1-2H3;5H,3-4H2,1-2H3. The quantitative estimate of drug-likeness (QED) is 0.276. The van der Waals surface area contributed by atoms with Gasteiger partial charge in [-0.1, -0.05) is 31.0 Å². The Labute approximate surface area is 341 Å². The Morgan fingerprint density at radius 2 is 1.11 bits per heavy atom. The van der Waals surface area contributed by atoms with Gasteiger partial charge in [0.2, 0.25) is 0 Å². The van der Waals surface area contributed by atoms with E-state index in [0.717, 1.165) is 48.3 Å². The maximum atomic E-state index is 2.76. The Hall–Kier alpha value is -1.22. The number of anilines is 1. The van der Waals surface area contributed by atoms with Crippen LogP contribution in [-0.2, 0) is 6.42 Å². The van der Waals surface area contributed by atoms with E-state index in [9.17, 15) is 0 Å². The molecule has 0 aromatic heterocycles. The molecule has 4 atom stereocenters. The molecule has 7 aliphatic heterocycles. The monoisotopic (exact) mass is 764 g/mol. The first-order valence-corrected chi connectivity index (χ1v) is 23.8. The summed E-state index contributed by atoms with van der Waals surface area (Å²) in [6.07, 6.45) is 19.3. The maximum Gasteiger partial charge on any atom is 0.0625 e. The van der Waals surface area contributed by atoms with Gasteiger partial charge in [0.1, 0.15) is 0 Å². The fourth-order valence-electron chi connectivity index (χ4n) is 10.9. The average molecular weight is 764 g/mol. The van der Waals surface area contributed by atoms with Crippen LogP contribution in [0.4, 0.5) is 5.69 Å². The highest BCUT2D eigenvalue weighted by Gasteiger charge is 2.36. The molecule has 0 bridgehead atoms. The zero-order valence-electron chi connectivity index (χ0n) is 37.9. The summed E-state index contributed by atoms with van der Waals surface area (Å²) >= 11 is 0. The van der Waals surface area contributed by atoms with Gasteiger partial charge in [-0.25, -0.2) is 0 Å². The highest BCUT2D eigenvalue weighted by atomic mass is 15.4. The third-order valence-corrected chi connectivity index (χ3v) is 14.2. The average Bonchev–Trinajstić information content (AvgIpc) is 3.55. The van der Waals surface area contributed by atoms with Crippen LogP contribution in [-0.4, -0.2) is 143 Å². The lowest BCUT2D eigenvalue weighted by atomic mass is 9.78. The van der Waals surface area contributed by atoms with E-state index in [1.807, 2.05) is 0 Å². The van der Waals surface area contributed by atoms with Crippen molar-refractivity contribution in [1.29, 1.82) is 0 Å². The molecule has 316 valence electrons. The molecule has 1 aliphatic carbocycles. The van der Waals surface area contributed by atoms with Crippen molar-refractivity contribution < 1.29 is 0 Å². The van der Waals surface area contributed by atoms with Crippen LogP contribution in [0.2, 0.25) is 0 Å². The molecular weight excluding hydrogens is 675 g/mol. The van der Waals surface area contributed by atoms with Crippen LogP contribution >= 0.6 is 0 Å². The minimum Gasteiger partial charge on any atom is -0.369 e. The van der Waals surface area contributed by atoms with Crippen molar-refractivity contribution in [3.63, 3.8) is 0 Å². The first-order valence-electron chi connectivity index (χ1n) is 23.8. The van der Waals surface area contributed by atoms with Crippen LogP contribution in [0, 0.1) is 5.92 Å². The molecule has 0 spiro atoms.